The van der Waals surface area contributed by atoms with Crippen LogP contribution in [0.1, 0.15) is 21.7 Å². The van der Waals surface area contributed by atoms with E-state index < -0.39 is 17.3 Å². The van der Waals surface area contributed by atoms with Crippen LogP contribution >= 0.6 is 11.6 Å². The third-order valence-corrected chi connectivity index (χ3v) is 6.71. The molecular formula is C28H19ClFN7O3. The fraction of sp³-hybridized carbons (Fsp3) is 0.0714. The molecule has 0 aliphatic carbocycles. The first-order valence-corrected chi connectivity index (χ1v) is 12.5. The van der Waals surface area contributed by atoms with Gasteiger partial charge in [-0.05, 0) is 58.8 Å². The van der Waals surface area contributed by atoms with Gasteiger partial charge in [0.1, 0.15) is 18.0 Å². The molecule has 0 spiro atoms. The number of hydrogen-bond acceptors (Lipinski definition) is 6. The number of fused-ring (bicyclic) bond motifs is 1. The quantitative estimate of drug-likeness (QED) is 0.309. The number of carbonyl (C=O) groups is 1. The van der Waals surface area contributed by atoms with Crippen LogP contribution in [0, 0.1) is 5.82 Å². The summed E-state index contributed by atoms with van der Waals surface area (Å²) in [6.45, 7) is 0. The lowest BCUT2D eigenvalue weighted by Crippen LogP contribution is -2.27. The second-order valence-electron chi connectivity index (χ2n) is 8.97. The lowest BCUT2D eigenvalue weighted by atomic mass is 10.0. The van der Waals surface area contributed by atoms with Gasteiger partial charge in [0.05, 0.1) is 28.5 Å². The van der Waals surface area contributed by atoms with Crippen molar-refractivity contribution in [1.29, 1.82) is 0 Å². The van der Waals surface area contributed by atoms with Crippen molar-refractivity contribution in [3.63, 3.8) is 0 Å². The van der Waals surface area contributed by atoms with Gasteiger partial charge < -0.3 is 5.11 Å². The summed E-state index contributed by atoms with van der Waals surface area (Å²) in [5.74, 6) is -1.34. The predicted molar refractivity (Wildman–Crippen MR) is 145 cm³/mol. The molecule has 0 radical (unpaired) electrons. The average Bonchev–Trinajstić information content (AvgIpc) is 3.61. The van der Waals surface area contributed by atoms with E-state index in [1.807, 2.05) is 30.3 Å². The predicted octanol–water partition coefficient (Wildman–Crippen LogP) is 4.43. The van der Waals surface area contributed by atoms with E-state index in [1.165, 1.54) is 40.0 Å². The summed E-state index contributed by atoms with van der Waals surface area (Å²) in [4.78, 5) is 29.8. The molecule has 0 aliphatic rings. The van der Waals surface area contributed by atoms with Crippen molar-refractivity contribution in [2.45, 2.75) is 12.8 Å². The number of halogens is 2. The van der Waals surface area contributed by atoms with E-state index in [-0.39, 0.29) is 11.1 Å². The van der Waals surface area contributed by atoms with E-state index >= 15 is 4.39 Å². The Morgan fingerprint density at radius 2 is 1.80 bits per heavy atom. The van der Waals surface area contributed by atoms with Crippen LogP contribution in [-0.2, 0) is 12.8 Å². The summed E-state index contributed by atoms with van der Waals surface area (Å²) < 4.78 is 19.8. The summed E-state index contributed by atoms with van der Waals surface area (Å²) in [5, 5.41) is 20.9. The molecule has 0 saturated carbocycles. The summed E-state index contributed by atoms with van der Waals surface area (Å²) >= 11 is 6.22. The van der Waals surface area contributed by atoms with Crippen molar-refractivity contribution >= 4 is 28.6 Å². The number of pyridine rings is 1. The van der Waals surface area contributed by atoms with E-state index in [0.717, 1.165) is 16.4 Å². The number of hydrogen-bond donors (Lipinski definition) is 1. The number of carboxylic acid groups (broad SMARTS) is 1. The summed E-state index contributed by atoms with van der Waals surface area (Å²) in [5.41, 5.74) is 2.17. The van der Waals surface area contributed by atoms with E-state index in [9.17, 15) is 14.7 Å². The van der Waals surface area contributed by atoms with Crippen molar-refractivity contribution in [2.75, 3.05) is 0 Å². The van der Waals surface area contributed by atoms with Gasteiger partial charge in [-0.1, -0.05) is 41.9 Å². The first-order chi connectivity index (χ1) is 19.4. The molecule has 198 valence electrons. The number of rotatable bonds is 7. The largest absolute Gasteiger partial charge is 0.478 e. The Bertz CT molecular complexity index is 1940. The highest BCUT2D eigenvalue weighted by molar-refractivity contribution is 6.31. The summed E-state index contributed by atoms with van der Waals surface area (Å²) in [6, 6.07) is 20.1. The van der Waals surface area contributed by atoms with Gasteiger partial charge in [-0.15, -0.1) is 5.10 Å². The Morgan fingerprint density at radius 3 is 2.55 bits per heavy atom. The molecule has 3 aromatic heterocycles. The van der Waals surface area contributed by atoms with Crippen LogP contribution in [0.4, 0.5) is 4.39 Å². The molecule has 0 atom stereocenters. The molecule has 40 heavy (non-hydrogen) atoms. The minimum Gasteiger partial charge on any atom is -0.478 e. The maximum Gasteiger partial charge on any atom is 0.335 e. The highest BCUT2D eigenvalue weighted by Gasteiger charge is 2.20. The molecule has 0 bridgehead atoms. The van der Waals surface area contributed by atoms with Crippen molar-refractivity contribution in [1.82, 2.24) is 34.5 Å². The minimum absolute atomic E-state index is 0.0117. The first-order valence-electron chi connectivity index (χ1n) is 12.1. The lowest BCUT2D eigenvalue weighted by Gasteiger charge is -2.15. The standard InChI is InChI=1S/C28H19ClFN7O3/c29-19-8-10-24(35-16-31-33-34-35)21(13-19)20-14-27(38)36(15-22(20)30)37-25-9-7-18(28(39)40)12-23(25)32-26(37)11-6-17-4-2-1-3-5-17/h1-5,7-10,12-16H,6,11H2,(H,39,40). The van der Waals surface area contributed by atoms with E-state index in [4.69, 9.17) is 11.6 Å². The number of carboxylic acids is 1. The summed E-state index contributed by atoms with van der Waals surface area (Å²) in [6.07, 6.45) is 3.45. The molecule has 0 aliphatic heterocycles. The van der Waals surface area contributed by atoms with E-state index in [2.05, 4.69) is 20.5 Å². The van der Waals surface area contributed by atoms with Crippen LogP contribution in [-0.4, -0.2) is 45.6 Å². The number of benzene rings is 3. The van der Waals surface area contributed by atoms with Crippen LogP contribution in [0.5, 0.6) is 0 Å². The van der Waals surface area contributed by atoms with Crippen molar-refractivity contribution in [3.8, 4) is 16.8 Å². The molecular weight excluding hydrogens is 537 g/mol. The third-order valence-electron chi connectivity index (χ3n) is 6.47. The number of tetrazole rings is 1. The highest BCUT2D eigenvalue weighted by Crippen LogP contribution is 2.30. The molecule has 0 unspecified atom stereocenters. The fourth-order valence-electron chi connectivity index (χ4n) is 4.61. The number of imidazole rings is 1. The van der Waals surface area contributed by atoms with Crippen LogP contribution in [0.15, 0.2) is 90.1 Å². The molecule has 0 fully saturated rings. The molecule has 3 heterocycles. The maximum absolute atomic E-state index is 15.8. The molecule has 6 aromatic rings. The maximum atomic E-state index is 15.8. The van der Waals surface area contributed by atoms with Gasteiger partial charge >= 0.3 is 5.97 Å². The normalized spacial score (nSPS) is 11.2. The van der Waals surface area contributed by atoms with Gasteiger partial charge in [0, 0.05) is 28.6 Å². The van der Waals surface area contributed by atoms with Gasteiger partial charge in [0.2, 0.25) is 0 Å². The Morgan fingerprint density at radius 1 is 0.975 bits per heavy atom. The molecule has 3 aromatic carbocycles. The monoisotopic (exact) mass is 555 g/mol. The number of aromatic nitrogens is 7. The lowest BCUT2D eigenvalue weighted by molar-refractivity contribution is 0.0697. The zero-order valence-electron chi connectivity index (χ0n) is 20.6. The molecule has 10 nitrogen and oxygen atoms in total. The van der Waals surface area contributed by atoms with Gasteiger partial charge in [-0.3, -0.25) is 4.79 Å². The van der Waals surface area contributed by atoms with Gasteiger partial charge in [0.25, 0.3) is 5.56 Å². The topological polar surface area (TPSA) is 121 Å². The molecule has 0 amide bonds. The van der Waals surface area contributed by atoms with Gasteiger partial charge in [-0.25, -0.2) is 23.5 Å². The van der Waals surface area contributed by atoms with Crippen LogP contribution < -0.4 is 5.56 Å². The van der Waals surface area contributed by atoms with Crippen molar-refractivity contribution in [3.05, 3.63) is 123 Å². The van der Waals surface area contributed by atoms with Crippen LogP contribution in [0.3, 0.4) is 0 Å². The van der Waals surface area contributed by atoms with Crippen LogP contribution in [0.25, 0.3) is 27.8 Å². The van der Waals surface area contributed by atoms with E-state index in [1.54, 1.807) is 18.2 Å². The molecule has 12 heteroatoms. The first kappa shape index (κ1) is 25.1. The number of nitrogens with zero attached hydrogens (tertiary/aromatic N) is 7. The molecule has 0 saturated heterocycles. The second kappa shape index (κ2) is 10.2. The minimum atomic E-state index is -1.10. The Labute approximate surface area is 230 Å². The Balaban J connectivity index is 1.50. The Kier molecular flexibility index (Phi) is 6.40. The van der Waals surface area contributed by atoms with Crippen LogP contribution in [0.2, 0.25) is 5.02 Å². The zero-order chi connectivity index (χ0) is 27.8. The van der Waals surface area contributed by atoms with Gasteiger partial charge in [0.15, 0.2) is 0 Å². The van der Waals surface area contributed by atoms with Crippen molar-refractivity contribution < 1.29 is 14.3 Å². The smallest absolute Gasteiger partial charge is 0.335 e. The fourth-order valence-corrected chi connectivity index (χ4v) is 4.78. The SMILES string of the molecule is O=C(O)c1ccc2c(c1)nc(CCc1ccccc1)n2-n1cc(F)c(-c2cc(Cl)ccc2-n2cnnn2)cc1=O. The zero-order valence-corrected chi connectivity index (χ0v) is 21.4. The highest BCUT2D eigenvalue weighted by atomic mass is 35.5. The summed E-state index contributed by atoms with van der Waals surface area (Å²) in [7, 11) is 0. The molecule has 1 N–H and O–H groups in total. The third kappa shape index (κ3) is 4.63. The van der Waals surface area contributed by atoms with Gasteiger partial charge in [-0.2, -0.15) is 4.68 Å². The van der Waals surface area contributed by atoms with Crippen molar-refractivity contribution in [2.24, 2.45) is 0 Å². The number of aryl methyl sites for hydroxylation is 2. The number of aromatic carboxylic acids is 1. The Hall–Kier alpha value is -5.16. The second-order valence-corrected chi connectivity index (χ2v) is 9.40. The van der Waals surface area contributed by atoms with E-state index in [0.29, 0.717) is 46.0 Å². The molecule has 6 rings (SSSR count). The average molecular weight is 556 g/mol.